The Kier molecular flexibility index (Phi) is 3.15. The summed E-state index contributed by atoms with van der Waals surface area (Å²) in [6, 6.07) is 4.67. The minimum Gasteiger partial charge on any atom is -0.477 e. The summed E-state index contributed by atoms with van der Waals surface area (Å²) < 4.78 is 27.1. The lowest BCUT2D eigenvalue weighted by Crippen LogP contribution is -2.14. The molecule has 9 heteroatoms. The van der Waals surface area contributed by atoms with Crippen molar-refractivity contribution < 1.29 is 18.3 Å². The minimum absolute atomic E-state index is 0.0214. The van der Waals surface area contributed by atoms with Crippen molar-refractivity contribution in [3.05, 3.63) is 40.8 Å². The fraction of sp³-hybridized carbons (Fsp3) is 0. The molecule has 3 heterocycles. The quantitative estimate of drug-likeness (QED) is 0.681. The van der Waals surface area contributed by atoms with E-state index in [1.54, 1.807) is 18.3 Å². The molecule has 0 aliphatic rings. The molecular formula is C12H9N3O4S2. The zero-order chi connectivity index (χ0) is 15.0. The summed E-state index contributed by atoms with van der Waals surface area (Å²) in [5.74, 6) is -1.18. The predicted molar refractivity (Wildman–Crippen MR) is 78.2 cm³/mol. The maximum atomic E-state index is 12.4. The third-order valence-corrected chi connectivity index (χ3v) is 5.11. The minimum atomic E-state index is -3.90. The van der Waals surface area contributed by atoms with E-state index in [1.165, 1.54) is 17.6 Å². The third kappa shape index (κ3) is 2.36. The number of thiophene rings is 1. The number of hydrogen-bond donors (Lipinski definition) is 3. The van der Waals surface area contributed by atoms with Crippen LogP contribution in [0.5, 0.6) is 0 Å². The Balaban J connectivity index is 2.05. The highest BCUT2D eigenvalue weighted by Crippen LogP contribution is 2.27. The number of aromatic amines is 1. The van der Waals surface area contributed by atoms with Crippen LogP contribution < -0.4 is 4.72 Å². The zero-order valence-electron chi connectivity index (χ0n) is 10.4. The molecule has 0 aliphatic heterocycles. The van der Waals surface area contributed by atoms with Crippen LogP contribution in [0.15, 0.2) is 40.9 Å². The number of carboxylic acid groups (broad SMARTS) is 1. The van der Waals surface area contributed by atoms with Crippen LogP contribution >= 0.6 is 11.3 Å². The Morgan fingerprint density at radius 3 is 2.95 bits per heavy atom. The monoisotopic (exact) mass is 323 g/mol. The number of fused-ring (bicyclic) bond motifs is 1. The number of aromatic nitrogens is 2. The van der Waals surface area contributed by atoms with Gasteiger partial charge in [0.25, 0.3) is 10.0 Å². The Labute approximate surface area is 123 Å². The predicted octanol–water partition coefficient (Wildman–Crippen LogP) is 2.12. The van der Waals surface area contributed by atoms with Gasteiger partial charge in [-0.3, -0.25) is 4.72 Å². The van der Waals surface area contributed by atoms with Crippen molar-refractivity contribution in [1.29, 1.82) is 0 Å². The van der Waals surface area contributed by atoms with Crippen LogP contribution in [-0.4, -0.2) is 29.5 Å². The second-order valence-corrected chi connectivity index (χ2v) is 6.69. The van der Waals surface area contributed by atoms with Gasteiger partial charge in [-0.05, 0) is 23.6 Å². The van der Waals surface area contributed by atoms with Gasteiger partial charge in [-0.1, -0.05) is 0 Å². The highest BCUT2D eigenvalue weighted by atomic mass is 32.2. The molecular weight excluding hydrogens is 314 g/mol. The maximum Gasteiger partial charge on any atom is 0.348 e. The van der Waals surface area contributed by atoms with Gasteiger partial charge < -0.3 is 10.1 Å². The molecule has 7 nitrogen and oxygen atoms in total. The SMILES string of the molecule is O=C(O)c1sccc1NS(=O)(=O)c1c[nH]c2ncccc12. The maximum absolute atomic E-state index is 12.4. The Hall–Kier alpha value is -2.39. The van der Waals surface area contributed by atoms with Crippen LogP contribution in [0.3, 0.4) is 0 Å². The third-order valence-electron chi connectivity index (χ3n) is 2.81. The summed E-state index contributed by atoms with van der Waals surface area (Å²) in [5, 5.41) is 11.0. The fourth-order valence-electron chi connectivity index (χ4n) is 1.91. The number of aromatic carboxylic acids is 1. The van der Waals surface area contributed by atoms with Crippen molar-refractivity contribution in [3.63, 3.8) is 0 Å². The Morgan fingerprint density at radius 1 is 1.38 bits per heavy atom. The van der Waals surface area contributed by atoms with Gasteiger partial charge in [0.05, 0.1) is 5.69 Å². The van der Waals surface area contributed by atoms with Gasteiger partial charge in [-0.2, -0.15) is 0 Å². The summed E-state index contributed by atoms with van der Waals surface area (Å²) in [7, 11) is -3.90. The second kappa shape index (κ2) is 4.86. The average molecular weight is 323 g/mol. The highest BCUT2D eigenvalue weighted by molar-refractivity contribution is 7.93. The molecule has 0 saturated carbocycles. The van der Waals surface area contributed by atoms with Gasteiger partial charge >= 0.3 is 5.97 Å². The summed E-state index contributed by atoms with van der Waals surface area (Å²) in [5.41, 5.74) is 0.493. The van der Waals surface area contributed by atoms with E-state index in [2.05, 4.69) is 14.7 Å². The highest BCUT2D eigenvalue weighted by Gasteiger charge is 2.22. The van der Waals surface area contributed by atoms with E-state index in [9.17, 15) is 13.2 Å². The van der Waals surface area contributed by atoms with Gasteiger partial charge in [-0.25, -0.2) is 18.2 Å². The molecule has 0 atom stereocenters. The number of rotatable bonds is 4. The molecule has 0 radical (unpaired) electrons. The molecule has 0 aliphatic carbocycles. The molecule has 0 fully saturated rings. The van der Waals surface area contributed by atoms with E-state index >= 15 is 0 Å². The van der Waals surface area contributed by atoms with Crippen LogP contribution in [0.1, 0.15) is 9.67 Å². The van der Waals surface area contributed by atoms with E-state index in [0.29, 0.717) is 11.0 Å². The molecule has 0 spiro atoms. The van der Waals surface area contributed by atoms with E-state index in [4.69, 9.17) is 5.11 Å². The van der Waals surface area contributed by atoms with Crippen molar-refractivity contribution in [2.24, 2.45) is 0 Å². The topological polar surface area (TPSA) is 112 Å². The summed E-state index contributed by atoms with van der Waals surface area (Å²) in [4.78, 5) is 17.8. The van der Waals surface area contributed by atoms with Crippen LogP contribution in [0, 0.1) is 0 Å². The van der Waals surface area contributed by atoms with Crippen molar-refractivity contribution in [2.45, 2.75) is 4.90 Å². The van der Waals surface area contributed by atoms with E-state index in [1.807, 2.05) is 0 Å². The van der Waals surface area contributed by atoms with Gasteiger partial charge in [0.1, 0.15) is 15.4 Å². The molecule has 0 amide bonds. The summed E-state index contributed by atoms with van der Waals surface area (Å²) in [6.07, 6.45) is 2.87. The average Bonchev–Trinajstić information content (AvgIpc) is 3.04. The number of H-pyrrole nitrogens is 1. The molecule has 0 aromatic carbocycles. The molecule has 0 saturated heterocycles. The first-order chi connectivity index (χ1) is 9.99. The number of sulfonamides is 1. The Morgan fingerprint density at radius 2 is 2.19 bits per heavy atom. The molecule has 21 heavy (non-hydrogen) atoms. The van der Waals surface area contributed by atoms with Crippen LogP contribution in [0.4, 0.5) is 5.69 Å². The zero-order valence-corrected chi connectivity index (χ0v) is 12.0. The molecule has 3 rings (SSSR count). The van der Waals surface area contributed by atoms with Crippen molar-refractivity contribution in [1.82, 2.24) is 9.97 Å². The number of pyridine rings is 1. The molecule has 3 aromatic rings. The van der Waals surface area contributed by atoms with E-state index in [-0.39, 0.29) is 15.5 Å². The normalized spacial score (nSPS) is 11.6. The first kappa shape index (κ1) is 13.6. The fourth-order valence-corrected chi connectivity index (χ4v) is 3.90. The number of nitrogens with one attached hydrogen (secondary N) is 2. The van der Waals surface area contributed by atoms with Crippen LogP contribution in [0.25, 0.3) is 11.0 Å². The number of nitrogens with zero attached hydrogens (tertiary/aromatic N) is 1. The lowest BCUT2D eigenvalue weighted by atomic mass is 10.3. The summed E-state index contributed by atoms with van der Waals surface area (Å²) in [6.45, 7) is 0. The lowest BCUT2D eigenvalue weighted by molar-refractivity contribution is 0.0703. The van der Waals surface area contributed by atoms with E-state index < -0.39 is 16.0 Å². The molecule has 3 N–H and O–H groups in total. The first-order valence-corrected chi connectivity index (χ1v) is 8.11. The number of carboxylic acids is 1. The van der Waals surface area contributed by atoms with E-state index in [0.717, 1.165) is 11.3 Å². The van der Waals surface area contributed by atoms with Gasteiger partial charge in [0, 0.05) is 17.8 Å². The lowest BCUT2D eigenvalue weighted by Gasteiger charge is -2.06. The van der Waals surface area contributed by atoms with Crippen LogP contribution in [0.2, 0.25) is 0 Å². The van der Waals surface area contributed by atoms with Gasteiger partial charge in [-0.15, -0.1) is 11.3 Å². The largest absolute Gasteiger partial charge is 0.477 e. The number of carbonyl (C=O) groups is 1. The molecule has 3 aromatic heterocycles. The van der Waals surface area contributed by atoms with Crippen molar-refractivity contribution in [3.8, 4) is 0 Å². The molecule has 0 bridgehead atoms. The number of hydrogen-bond acceptors (Lipinski definition) is 5. The van der Waals surface area contributed by atoms with Crippen LogP contribution in [-0.2, 0) is 10.0 Å². The van der Waals surface area contributed by atoms with Crippen molar-refractivity contribution >= 4 is 44.1 Å². The summed E-state index contributed by atoms with van der Waals surface area (Å²) >= 11 is 0.953. The van der Waals surface area contributed by atoms with Gasteiger partial charge in [0.2, 0.25) is 0 Å². The Bertz CT molecular complexity index is 927. The second-order valence-electron chi connectivity index (χ2n) is 4.13. The van der Waals surface area contributed by atoms with Gasteiger partial charge in [0.15, 0.2) is 0 Å². The van der Waals surface area contributed by atoms with Crippen molar-refractivity contribution in [2.75, 3.05) is 4.72 Å². The standard InChI is InChI=1S/C12H9N3O4S2/c16-12(17)10-8(3-5-20-10)15-21(18,19)9-6-14-11-7(9)2-1-4-13-11/h1-6,15H,(H,13,14)(H,16,17). The molecule has 0 unspecified atom stereocenters. The first-order valence-electron chi connectivity index (χ1n) is 5.75. The number of anilines is 1. The molecule has 108 valence electrons. The smallest absolute Gasteiger partial charge is 0.348 e.